The molecule has 2 heterocycles. The van der Waals surface area contributed by atoms with Crippen LogP contribution in [0.15, 0.2) is 24.5 Å². The maximum absolute atomic E-state index is 12.9. The lowest BCUT2D eigenvalue weighted by atomic mass is 9.77. The number of nitrogens with zero attached hydrogens (tertiary/aromatic N) is 1. The molecule has 0 spiro atoms. The van der Waals surface area contributed by atoms with Gasteiger partial charge in [0.25, 0.3) is 0 Å². The highest BCUT2D eigenvalue weighted by atomic mass is 16.2. The minimum atomic E-state index is -0.345. The summed E-state index contributed by atoms with van der Waals surface area (Å²) in [6.45, 7) is 5.81. The molecule has 4 rings (SSSR count). The van der Waals surface area contributed by atoms with Crippen LogP contribution < -0.4 is 10.6 Å². The second-order valence-corrected chi connectivity index (χ2v) is 7.99. The summed E-state index contributed by atoms with van der Waals surface area (Å²) in [5, 5.41) is 6.56. The van der Waals surface area contributed by atoms with Gasteiger partial charge >= 0.3 is 0 Å². The molecule has 1 saturated carbocycles. The monoisotopic (exact) mass is 352 g/mol. The predicted octanol–water partition coefficient (Wildman–Crippen LogP) is 2.84. The minimum Gasteiger partial charge on any atom is -0.353 e. The molecule has 0 saturated heterocycles. The second-order valence-electron chi connectivity index (χ2n) is 7.99. The molecule has 0 radical (unpaired) electrons. The van der Waals surface area contributed by atoms with Gasteiger partial charge in [0, 0.05) is 30.6 Å². The quantitative estimate of drug-likeness (QED) is 0.792. The first-order chi connectivity index (χ1) is 12.6. The summed E-state index contributed by atoms with van der Waals surface area (Å²) in [5.41, 5.74) is 5.97. The molecule has 5 heteroatoms. The van der Waals surface area contributed by atoms with Crippen molar-refractivity contribution in [2.45, 2.75) is 57.4 Å². The smallest absolute Gasteiger partial charge is 0.243 e. The summed E-state index contributed by atoms with van der Waals surface area (Å²) in [5.74, 6) is 0.0358. The number of aromatic amines is 1. The van der Waals surface area contributed by atoms with Gasteiger partial charge in [0.15, 0.2) is 0 Å². The molecule has 1 amide bonds. The molecule has 5 nitrogen and oxygen atoms in total. The summed E-state index contributed by atoms with van der Waals surface area (Å²) in [4.78, 5) is 20.4. The van der Waals surface area contributed by atoms with Crippen molar-refractivity contribution < 1.29 is 4.79 Å². The van der Waals surface area contributed by atoms with Crippen LogP contribution in [0.3, 0.4) is 0 Å². The van der Waals surface area contributed by atoms with Crippen LogP contribution >= 0.6 is 0 Å². The molecular formula is C21H28N4O. The highest BCUT2D eigenvalue weighted by Crippen LogP contribution is 2.41. The molecule has 2 aliphatic rings. The molecule has 1 aromatic carbocycles. The number of amides is 1. The maximum atomic E-state index is 12.9. The van der Waals surface area contributed by atoms with E-state index in [0.29, 0.717) is 6.54 Å². The third kappa shape index (κ3) is 3.16. The Bertz CT molecular complexity index is 784. The van der Waals surface area contributed by atoms with E-state index in [1.165, 1.54) is 29.5 Å². The van der Waals surface area contributed by atoms with Crippen LogP contribution in [0.1, 0.15) is 59.8 Å². The summed E-state index contributed by atoms with van der Waals surface area (Å²) < 4.78 is 0. The summed E-state index contributed by atoms with van der Waals surface area (Å²) in [6, 6.07) is 6.47. The Kier molecular flexibility index (Phi) is 4.57. The number of rotatable bonds is 4. The molecule has 1 aliphatic carbocycles. The summed E-state index contributed by atoms with van der Waals surface area (Å²) >= 11 is 0. The topological polar surface area (TPSA) is 69.8 Å². The van der Waals surface area contributed by atoms with E-state index in [1.54, 1.807) is 6.33 Å². The van der Waals surface area contributed by atoms with Crippen LogP contribution in [0.4, 0.5) is 0 Å². The van der Waals surface area contributed by atoms with Crippen molar-refractivity contribution in [3.05, 3.63) is 52.6 Å². The average molecular weight is 352 g/mol. The lowest BCUT2D eigenvalue weighted by Gasteiger charge is -2.32. The van der Waals surface area contributed by atoms with Crippen LogP contribution in [0, 0.1) is 13.8 Å². The minimum absolute atomic E-state index is 0.0358. The van der Waals surface area contributed by atoms with E-state index in [0.717, 1.165) is 37.2 Å². The number of aromatic nitrogens is 2. The number of carbonyl (C=O) groups is 1. The third-order valence-corrected chi connectivity index (χ3v) is 6.01. The fourth-order valence-corrected chi connectivity index (χ4v) is 4.69. The Morgan fingerprint density at radius 1 is 1.23 bits per heavy atom. The number of imidazole rings is 1. The standard InChI is InChI=1S/C21H28N4O/c1-14-9-15(2)11-16(10-14)21(6-3-4-7-21)12-23-20(26)19-18-17(5-8-22-19)24-13-25-18/h9-11,13,19,22H,3-8,12H2,1-2H3,(H,23,26)(H,24,25). The van der Waals surface area contributed by atoms with E-state index in [1.807, 2.05) is 0 Å². The van der Waals surface area contributed by atoms with Gasteiger partial charge in [-0.05, 0) is 32.3 Å². The fraction of sp³-hybridized carbons (Fsp3) is 0.524. The summed E-state index contributed by atoms with van der Waals surface area (Å²) in [6.07, 6.45) is 7.32. The Balaban J connectivity index is 1.52. The van der Waals surface area contributed by atoms with Crippen molar-refractivity contribution in [3.8, 4) is 0 Å². The molecule has 1 aromatic heterocycles. The molecule has 0 bridgehead atoms. The van der Waals surface area contributed by atoms with Crippen LogP contribution in [-0.4, -0.2) is 29.0 Å². The number of nitrogens with one attached hydrogen (secondary N) is 3. The van der Waals surface area contributed by atoms with E-state index in [-0.39, 0.29) is 17.4 Å². The van der Waals surface area contributed by atoms with Gasteiger partial charge in [-0.15, -0.1) is 0 Å². The molecule has 26 heavy (non-hydrogen) atoms. The van der Waals surface area contributed by atoms with Gasteiger partial charge < -0.3 is 15.6 Å². The van der Waals surface area contributed by atoms with Crippen molar-refractivity contribution in [2.24, 2.45) is 0 Å². The number of hydrogen-bond acceptors (Lipinski definition) is 3. The zero-order chi connectivity index (χ0) is 18.1. The number of hydrogen-bond donors (Lipinski definition) is 3. The molecule has 1 fully saturated rings. The van der Waals surface area contributed by atoms with E-state index in [2.05, 4.69) is 52.6 Å². The highest BCUT2D eigenvalue weighted by Gasteiger charge is 2.37. The van der Waals surface area contributed by atoms with E-state index < -0.39 is 0 Å². The summed E-state index contributed by atoms with van der Waals surface area (Å²) in [7, 11) is 0. The maximum Gasteiger partial charge on any atom is 0.243 e. The molecular weight excluding hydrogens is 324 g/mol. The fourth-order valence-electron chi connectivity index (χ4n) is 4.69. The second kappa shape index (κ2) is 6.88. The zero-order valence-electron chi connectivity index (χ0n) is 15.7. The van der Waals surface area contributed by atoms with Gasteiger partial charge in [-0.3, -0.25) is 4.79 Å². The number of H-pyrrole nitrogens is 1. The van der Waals surface area contributed by atoms with Crippen LogP contribution in [0.2, 0.25) is 0 Å². The van der Waals surface area contributed by atoms with Gasteiger partial charge in [0.05, 0.1) is 12.0 Å². The van der Waals surface area contributed by atoms with Crippen molar-refractivity contribution in [3.63, 3.8) is 0 Å². The third-order valence-electron chi connectivity index (χ3n) is 6.01. The lowest BCUT2D eigenvalue weighted by Crippen LogP contribution is -2.46. The Labute approximate surface area is 155 Å². The van der Waals surface area contributed by atoms with Crippen molar-refractivity contribution in [1.29, 1.82) is 0 Å². The molecule has 1 atom stereocenters. The first kappa shape index (κ1) is 17.3. The molecule has 3 N–H and O–H groups in total. The van der Waals surface area contributed by atoms with Gasteiger partial charge in [-0.1, -0.05) is 42.2 Å². The predicted molar refractivity (Wildman–Crippen MR) is 102 cm³/mol. The zero-order valence-corrected chi connectivity index (χ0v) is 15.7. The van der Waals surface area contributed by atoms with Crippen LogP contribution in [0.25, 0.3) is 0 Å². The Morgan fingerprint density at radius 2 is 1.96 bits per heavy atom. The Hall–Kier alpha value is -2.14. The van der Waals surface area contributed by atoms with Gasteiger partial charge in [-0.25, -0.2) is 4.98 Å². The number of aryl methyl sites for hydroxylation is 2. The number of fused-ring (bicyclic) bond motifs is 1. The van der Waals surface area contributed by atoms with Gasteiger partial charge in [0.2, 0.25) is 5.91 Å². The molecule has 1 aliphatic heterocycles. The van der Waals surface area contributed by atoms with E-state index >= 15 is 0 Å². The van der Waals surface area contributed by atoms with Crippen LogP contribution in [0.5, 0.6) is 0 Å². The first-order valence-electron chi connectivity index (χ1n) is 9.69. The van der Waals surface area contributed by atoms with Crippen LogP contribution in [-0.2, 0) is 16.6 Å². The SMILES string of the molecule is Cc1cc(C)cc(C2(CNC(=O)C3NCCc4[nH]cnc43)CCCC2)c1. The van der Waals surface area contributed by atoms with Crippen molar-refractivity contribution in [2.75, 3.05) is 13.1 Å². The van der Waals surface area contributed by atoms with Gasteiger partial charge in [0.1, 0.15) is 6.04 Å². The van der Waals surface area contributed by atoms with Gasteiger partial charge in [-0.2, -0.15) is 0 Å². The Morgan fingerprint density at radius 3 is 2.69 bits per heavy atom. The molecule has 1 unspecified atom stereocenters. The lowest BCUT2D eigenvalue weighted by molar-refractivity contribution is -0.123. The highest BCUT2D eigenvalue weighted by molar-refractivity contribution is 5.83. The first-order valence-corrected chi connectivity index (χ1v) is 9.69. The number of carbonyl (C=O) groups excluding carboxylic acids is 1. The average Bonchev–Trinajstić information content (AvgIpc) is 3.28. The normalized spacial score (nSPS) is 21.4. The van der Waals surface area contributed by atoms with Crippen molar-refractivity contribution >= 4 is 5.91 Å². The van der Waals surface area contributed by atoms with Crippen molar-refractivity contribution in [1.82, 2.24) is 20.6 Å². The largest absolute Gasteiger partial charge is 0.353 e. The van der Waals surface area contributed by atoms with E-state index in [9.17, 15) is 4.79 Å². The molecule has 2 aromatic rings. The number of benzene rings is 1. The molecule has 138 valence electrons. The van der Waals surface area contributed by atoms with E-state index in [4.69, 9.17) is 0 Å².